The number of hydrogen-bond acceptors (Lipinski definition) is 3. The zero-order chi connectivity index (χ0) is 14.8. The number of nitriles is 1. The summed E-state index contributed by atoms with van der Waals surface area (Å²) in [5, 5.41) is 9.44. The SMILES string of the molecule is CN(C)[C@H]1C=C(O[Si](C)(C)C(C)(C)C)CC[C@@H]1C#N. The summed E-state index contributed by atoms with van der Waals surface area (Å²) in [6.07, 6.45) is 3.97. The first kappa shape index (κ1) is 16.3. The molecule has 3 nitrogen and oxygen atoms in total. The van der Waals surface area contributed by atoms with Crippen LogP contribution < -0.4 is 0 Å². The normalized spacial score (nSPS) is 24.9. The summed E-state index contributed by atoms with van der Waals surface area (Å²) in [6, 6.07) is 2.60. The molecule has 0 bridgehead atoms. The Hall–Kier alpha value is -0.793. The molecule has 0 aliphatic heterocycles. The highest BCUT2D eigenvalue weighted by Crippen LogP contribution is 2.39. The van der Waals surface area contributed by atoms with E-state index in [1.807, 2.05) is 14.1 Å². The van der Waals surface area contributed by atoms with Crippen LogP contribution in [0, 0.1) is 17.2 Å². The molecule has 1 aliphatic carbocycles. The van der Waals surface area contributed by atoms with Gasteiger partial charge in [0.1, 0.15) is 0 Å². The summed E-state index contributed by atoms with van der Waals surface area (Å²) in [4.78, 5) is 2.11. The Morgan fingerprint density at radius 1 is 1.37 bits per heavy atom. The van der Waals surface area contributed by atoms with E-state index in [0.29, 0.717) is 0 Å². The molecule has 108 valence electrons. The summed E-state index contributed by atoms with van der Waals surface area (Å²) in [6.45, 7) is 11.3. The van der Waals surface area contributed by atoms with Gasteiger partial charge in [0.25, 0.3) is 0 Å². The minimum Gasteiger partial charge on any atom is -0.547 e. The highest BCUT2D eigenvalue weighted by molar-refractivity contribution is 6.74. The smallest absolute Gasteiger partial charge is 0.250 e. The minimum atomic E-state index is -1.76. The molecule has 2 atom stereocenters. The Morgan fingerprint density at radius 3 is 2.37 bits per heavy atom. The average Bonchev–Trinajstić information content (AvgIpc) is 2.26. The summed E-state index contributed by atoms with van der Waals surface area (Å²) >= 11 is 0. The molecule has 1 aliphatic rings. The van der Waals surface area contributed by atoms with Crippen LogP contribution in [0.25, 0.3) is 0 Å². The zero-order valence-electron chi connectivity index (χ0n) is 13.4. The van der Waals surface area contributed by atoms with Gasteiger partial charge >= 0.3 is 0 Å². The summed E-state index contributed by atoms with van der Waals surface area (Å²) < 4.78 is 6.38. The fraction of sp³-hybridized carbons (Fsp3) is 0.800. The van der Waals surface area contributed by atoms with Crippen LogP contribution in [0.5, 0.6) is 0 Å². The van der Waals surface area contributed by atoms with Crippen molar-refractivity contribution >= 4 is 8.32 Å². The van der Waals surface area contributed by atoms with Gasteiger partial charge in [0, 0.05) is 12.5 Å². The first-order valence-corrected chi connectivity index (χ1v) is 9.95. The third-order valence-corrected chi connectivity index (χ3v) is 8.81. The van der Waals surface area contributed by atoms with Crippen molar-refractivity contribution < 1.29 is 4.43 Å². The molecule has 0 fully saturated rings. The van der Waals surface area contributed by atoms with Crippen LogP contribution in [0.4, 0.5) is 0 Å². The lowest BCUT2D eigenvalue weighted by Crippen LogP contribution is -2.42. The van der Waals surface area contributed by atoms with E-state index in [-0.39, 0.29) is 17.0 Å². The van der Waals surface area contributed by atoms with Gasteiger partial charge in [-0.1, -0.05) is 20.8 Å². The van der Waals surface area contributed by atoms with Gasteiger partial charge in [0.05, 0.1) is 17.7 Å². The molecule has 0 aromatic rings. The van der Waals surface area contributed by atoms with E-state index in [2.05, 4.69) is 50.9 Å². The number of allylic oxidation sites excluding steroid dienone is 1. The molecule has 0 amide bonds. The summed E-state index contributed by atoms with van der Waals surface area (Å²) in [5.74, 6) is 1.18. The Morgan fingerprint density at radius 2 is 1.95 bits per heavy atom. The molecule has 0 aromatic heterocycles. The van der Waals surface area contributed by atoms with Crippen molar-refractivity contribution in [1.82, 2.24) is 4.90 Å². The van der Waals surface area contributed by atoms with Crippen LogP contribution in [0.3, 0.4) is 0 Å². The van der Waals surface area contributed by atoms with E-state index in [1.165, 1.54) is 0 Å². The van der Waals surface area contributed by atoms with Crippen LogP contribution in [0.15, 0.2) is 11.8 Å². The molecule has 0 radical (unpaired) electrons. The predicted molar refractivity (Wildman–Crippen MR) is 82.2 cm³/mol. The maximum Gasteiger partial charge on any atom is 0.250 e. The largest absolute Gasteiger partial charge is 0.547 e. The standard InChI is InChI=1S/C15H28N2OSi/c1-15(2,3)19(6,7)18-13-9-8-12(11-16)14(10-13)17(4)5/h10,12,14H,8-9H2,1-7H3/t12-,14+/m1/s1. The highest BCUT2D eigenvalue weighted by atomic mass is 28.4. The summed E-state index contributed by atoms with van der Waals surface area (Å²) in [5.41, 5.74) is 0. The number of likely N-dealkylation sites (N-methyl/N-ethyl adjacent to an activating group) is 1. The van der Waals surface area contributed by atoms with Gasteiger partial charge in [-0.05, 0) is 44.7 Å². The van der Waals surface area contributed by atoms with E-state index >= 15 is 0 Å². The monoisotopic (exact) mass is 280 g/mol. The topological polar surface area (TPSA) is 36.3 Å². The first-order chi connectivity index (χ1) is 8.58. The van der Waals surface area contributed by atoms with Gasteiger partial charge in [-0.3, -0.25) is 0 Å². The first-order valence-electron chi connectivity index (χ1n) is 7.04. The lowest BCUT2D eigenvalue weighted by Gasteiger charge is -2.39. The molecule has 0 saturated carbocycles. The molecular weight excluding hydrogens is 252 g/mol. The van der Waals surface area contributed by atoms with Gasteiger partial charge in [-0.25, -0.2) is 0 Å². The van der Waals surface area contributed by atoms with Crippen molar-refractivity contribution in [2.75, 3.05) is 14.1 Å². The minimum absolute atomic E-state index is 0.0850. The number of rotatable bonds is 3. The molecule has 0 aromatic carbocycles. The van der Waals surface area contributed by atoms with Crippen LogP contribution in [0.1, 0.15) is 33.6 Å². The van der Waals surface area contributed by atoms with Crippen LogP contribution in [0.2, 0.25) is 18.1 Å². The Balaban J connectivity index is 2.89. The maximum absolute atomic E-state index is 9.22. The van der Waals surface area contributed by atoms with E-state index in [9.17, 15) is 5.26 Å². The fourth-order valence-electron chi connectivity index (χ4n) is 2.07. The molecule has 1 rings (SSSR count). The van der Waals surface area contributed by atoms with Gasteiger partial charge in [-0.15, -0.1) is 0 Å². The fourth-order valence-corrected chi connectivity index (χ4v) is 3.21. The van der Waals surface area contributed by atoms with Crippen molar-refractivity contribution in [2.24, 2.45) is 5.92 Å². The highest BCUT2D eigenvalue weighted by Gasteiger charge is 2.40. The predicted octanol–water partition coefficient (Wildman–Crippen LogP) is 3.76. The van der Waals surface area contributed by atoms with Crippen molar-refractivity contribution in [3.63, 3.8) is 0 Å². The molecule has 0 saturated heterocycles. The Bertz CT molecular complexity index is 388. The van der Waals surface area contributed by atoms with Crippen LogP contribution >= 0.6 is 0 Å². The lowest BCUT2D eigenvalue weighted by atomic mass is 9.89. The van der Waals surface area contributed by atoms with Gasteiger partial charge in [0.2, 0.25) is 8.32 Å². The molecule has 4 heteroatoms. The van der Waals surface area contributed by atoms with Crippen molar-refractivity contribution in [2.45, 2.75) is 57.8 Å². The second-order valence-electron chi connectivity index (χ2n) is 7.22. The van der Waals surface area contributed by atoms with Crippen molar-refractivity contribution in [3.8, 4) is 6.07 Å². The molecule has 0 N–H and O–H groups in total. The van der Waals surface area contributed by atoms with Crippen molar-refractivity contribution in [3.05, 3.63) is 11.8 Å². The quantitative estimate of drug-likeness (QED) is 0.739. The average molecular weight is 280 g/mol. The van der Waals surface area contributed by atoms with Crippen LogP contribution in [-0.2, 0) is 4.43 Å². The van der Waals surface area contributed by atoms with Crippen molar-refractivity contribution in [1.29, 1.82) is 5.26 Å². The van der Waals surface area contributed by atoms with E-state index in [0.717, 1.165) is 18.6 Å². The lowest BCUT2D eigenvalue weighted by molar-refractivity contribution is 0.243. The van der Waals surface area contributed by atoms with E-state index < -0.39 is 8.32 Å². The van der Waals surface area contributed by atoms with Gasteiger partial charge < -0.3 is 9.33 Å². The second-order valence-corrected chi connectivity index (χ2v) is 11.9. The third kappa shape index (κ3) is 3.84. The van der Waals surface area contributed by atoms with E-state index in [4.69, 9.17) is 4.43 Å². The Kier molecular flexibility index (Phi) is 4.86. The van der Waals surface area contributed by atoms with Crippen LogP contribution in [-0.4, -0.2) is 33.4 Å². The molecule has 0 heterocycles. The number of nitrogens with zero attached hydrogens (tertiary/aromatic N) is 2. The van der Waals surface area contributed by atoms with Gasteiger partial charge in [-0.2, -0.15) is 5.26 Å². The molecule has 19 heavy (non-hydrogen) atoms. The number of hydrogen-bond donors (Lipinski definition) is 0. The molecule has 0 unspecified atom stereocenters. The van der Waals surface area contributed by atoms with Gasteiger partial charge in [0.15, 0.2) is 0 Å². The Labute approximate surface area is 119 Å². The summed E-state index contributed by atoms with van der Waals surface area (Å²) in [7, 11) is 2.30. The zero-order valence-corrected chi connectivity index (χ0v) is 14.4. The van der Waals surface area contributed by atoms with E-state index in [1.54, 1.807) is 0 Å². The molecule has 0 spiro atoms. The third-order valence-electron chi connectivity index (χ3n) is 4.43. The maximum atomic E-state index is 9.22. The molecular formula is C15H28N2OSi. The second kappa shape index (κ2) is 5.68.